The van der Waals surface area contributed by atoms with E-state index in [1.54, 1.807) is 23.6 Å². The first-order chi connectivity index (χ1) is 22.1. The Bertz CT molecular complexity index is 1930. The van der Waals surface area contributed by atoms with E-state index in [4.69, 9.17) is 30.4 Å². The molecular formula is C33H33F2N5O6. The summed E-state index contributed by atoms with van der Waals surface area (Å²) >= 11 is 0. The van der Waals surface area contributed by atoms with Gasteiger partial charge in [-0.25, -0.2) is 18.6 Å². The Labute approximate surface area is 263 Å². The summed E-state index contributed by atoms with van der Waals surface area (Å²) in [4.78, 5) is 33.3. The van der Waals surface area contributed by atoms with Crippen molar-refractivity contribution < 1.29 is 32.5 Å². The van der Waals surface area contributed by atoms with Crippen molar-refractivity contribution in [1.29, 1.82) is 0 Å². The van der Waals surface area contributed by atoms with E-state index >= 15 is 8.78 Å². The van der Waals surface area contributed by atoms with Crippen LogP contribution in [0.5, 0.6) is 17.2 Å². The summed E-state index contributed by atoms with van der Waals surface area (Å²) < 4.78 is 54.5. The fraction of sp³-hybridized carbons (Fsp3) is 0.333. The number of hydrogen-bond donors (Lipinski definition) is 2. The van der Waals surface area contributed by atoms with Crippen LogP contribution in [-0.4, -0.2) is 41.5 Å². The molecule has 240 valence electrons. The van der Waals surface area contributed by atoms with Crippen molar-refractivity contribution >= 4 is 28.8 Å². The number of rotatable bonds is 7. The zero-order valence-corrected chi connectivity index (χ0v) is 25.6. The summed E-state index contributed by atoms with van der Waals surface area (Å²) in [6, 6.07) is 4.10. The number of nitrogen functional groups attached to an aromatic ring is 2. The quantitative estimate of drug-likeness (QED) is 0.203. The maximum absolute atomic E-state index is 16.4. The minimum atomic E-state index is -1.09. The highest BCUT2D eigenvalue weighted by Crippen LogP contribution is 2.35. The predicted octanol–water partition coefficient (Wildman–Crippen LogP) is 5.28. The standard InChI is InChI=1S/C33H33F2N5O6/c1-4-45-33(42)46-26-17-40(21-8-6-5-7-9-21)28-23(29(26)41)15-24(34)22(27(28)35)11-10-19-12-18(14-25(43-2)30(19)44-3)13-20-16-38-32(37)39-31(20)36/h12,14-17,21H,4-9,13H2,1-3H3,(H4,36,37,38,39). The lowest BCUT2D eigenvalue weighted by Gasteiger charge is -2.27. The second-order valence-corrected chi connectivity index (χ2v) is 10.7. The van der Waals surface area contributed by atoms with Gasteiger partial charge in [-0.2, -0.15) is 4.98 Å². The molecule has 0 saturated heterocycles. The van der Waals surface area contributed by atoms with Crippen molar-refractivity contribution in [3.8, 4) is 29.1 Å². The first-order valence-corrected chi connectivity index (χ1v) is 14.7. The van der Waals surface area contributed by atoms with Gasteiger partial charge in [0.05, 0.1) is 49.1 Å². The molecular weight excluding hydrogens is 600 g/mol. The molecule has 1 fully saturated rings. The summed E-state index contributed by atoms with van der Waals surface area (Å²) in [6.07, 6.45) is 6.16. The summed E-state index contributed by atoms with van der Waals surface area (Å²) in [7, 11) is 2.87. The summed E-state index contributed by atoms with van der Waals surface area (Å²) in [5.41, 5.74) is 11.7. The SMILES string of the molecule is CCOC(=O)Oc1cn(C2CCCCC2)c2c(F)c(C#Cc3cc(Cc4cnc(N)nc4N)cc(OC)c3OC)c(F)cc2c1=O. The molecule has 1 saturated carbocycles. The van der Waals surface area contributed by atoms with Gasteiger partial charge in [-0.15, -0.1) is 0 Å². The average Bonchev–Trinajstić information content (AvgIpc) is 3.04. The van der Waals surface area contributed by atoms with E-state index in [0.717, 1.165) is 25.3 Å². The molecule has 2 aromatic heterocycles. The Kier molecular flexibility index (Phi) is 9.55. The van der Waals surface area contributed by atoms with Crippen LogP contribution in [0, 0.1) is 23.5 Å². The zero-order chi connectivity index (χ0) is 33.0. The van der Waals surface area contributed by atoms with E-state index in [2.05, 4.69) is 21.8 Å². The van der Waals surface area contributed by atoms with Crippen molar-refractivity contribution in [1.82, 2.24) is 14.5 Å². The normalized spacial score (nSPS) is 13.2. The van der Waals surface area contributed by atoms with Gasteiger partial charge in [0.15, 0.2) is 23.1 Å². The van der Waals surface area contributed by atoms with E-state index in [1.807, 2.05) is 0 Å². The smallest absolute Gasteiger partial charge is 0.493 e. The van der Waals surface area contributed by atoms with Gasteiger partial charge < -0.3 is 35.0 Å². The molecule has 2 aromatic carbocycles. The van der Waals surface area contributed by atoms with Gasteiger partial charge in [-0.3, -0.25) is 4.79 Å². The number of benzene rings is 2. The summed E-state index contributed by atoms with van der Waals surface area (Å²) in [6.45, 7) is 1.61. The van der Waals surface area contributed by atoms with Gasteiger partial charge in [0, 0.05) is 24.2 Å². The Morgan fingerprint density at radius 1 is 1.07 bits per heavy atom. The highest BCUT2D eigenvalue weighted by atomic mass is 19.1. The zero-order valence-electron chi connectivity index (χ0n) is 25.6. The Hall–Kier alpha value is -5.38. The van der Waals surface area contributed by atoms with Gasteiger partial charge in [-0.05, 0) is 43.5 Å². The number of anilines is 2. The van der Waals surface area contributed by atoms with Crippen LogP contribution in [0.15, 0.2) is 35.4 Å². The summed E-state index contributed by atoms with van der Waals surface area (Å²) in [5, 5.41) is -0.280. The minimum Gasteiger partial charge on any atom is -0.493 e. The molecule has 0 spiro atoms. The van der Waals surface area contributed by atoms with Crippen LogP contribution in [0.25, 0.3) is 10.9 Å². The molecule has 0 bridgehead atoms. The Morgan fingerprint density at radius 3 is 2.50 bits per heavy atom. The molecule has 4 N–H and O–H groups in total. The number of fused-ring (bicyclic) bond motifs is 1. The fourth-order valence-corrected chi connectivity index (χ4v) is 5.62. The molecule has 0 radical (unpaired) electrons. The number of pyridine rings is 1. The summed E-state index contributed by atoms with van der Waals surface area (Å²) in [5.74, 6) is 3.81. The third kappa shape index (κ3) is 6.51. The first kappa shape index (κ1) is 32.0. The lowest BCUT2D eigenvalue weighted by Crippen LogP contribution is -2.22. The number of aromatic nitrogens is 3. The first-order valence-electron chi connectivity index (χ1n) is 14.7. The number of hydrogen-bond acceptors (Lipinski definition) is 10. The molecule has 4 aromatic rings. The van der Waals surface area contributed by atoms with Crippen LogP contribution < -0.4 is 31.1 Å². The number of ether oxygens (including phenoxy) is 4. The minimum absolute atomic E-state index is 0.0257. The average molecular weight is 634 g/mol. The van der Waals surface area contributed by atoms with Crippen LogP contribution >= 0.6 is 0 Å². The van der Waals surface area contributed by atoms with Gasteiger partial charge in [-0.1, -0.05) is 31.1 Å². The van der Waals surface area contributed by atoms with Gasteiger partial charge in [0.1, 0.15) is 11.6 Å². The second-order valence-electron chi connectivity index (χ2n) is 10.7. The highest BCUT2D eigenvalue weighted by molar-refractivity contribution is 5.84. The molecule has 1 aliphatic carbocycles. The number of carbonyl (C=O) groups excluding carboxylic acids is 1. The fourth-order valence-electron chi connectivity index (χ4n) is 5.62. The molecule has 1 aliphatic rings. The maximum Gasteiger partial charge on any atom is 0.514 e. The van der Waals surface area contributed by atoms with Gasteiger partial charge in [0.2, 0.25) is 11.4 Å². The van der Waals surface area contributed by atoms with E-state index in [-0.39, 0.29) is 58.8 Å². The van der Waals surface area contributed by atoms with Crippen LogP contribution in [0.3, 0.4) is 0 Å². The molecule has 0 aliphatic heterocycles. The van der Waals surface area contributed by atoms with Crippen molar-refractivity contribution in [3.63, 3.8) is 0 Å². The molecule has 0 unspecified atom stereocenters. The second kappa shape index (κ2) is 13.7. The van der Waals surface area contributed by atoms with E-state index in [0.29, 0.717) is 29.7 Å². The van der Waals surface area contributed by atoms with Gasteiger partial charge in [0.25, 0.3) is 0 Å². The molecule has 13 heteroatoms. The third-order valence-electron chi connectivity index (χ3n) is 7.77. The molecule has 5 rings (SSSR count). The monoisotopic (exact) mass is 633 g/mol. The Morgan fingerprint density at radius 2 is 1.83 bits per heavy atom. The van der Waals surface area contributed by atoms with E-state index in [9.17, 15) is 9.59 Å². The molecule has 11 nitrogen and oxygen atoms in total. The highest BCUT2D eigenvalue weighted by Gasteiger charge is 2.25. The lowest BCUT2D eigenvalue weighted by molar-refractivity contribution is 0.103. The van der Waals surface area contributed by atoms with E-state index in [1.165, 1.54) is 26.6 Å². The van der Waals surface area contributed by atoms with Crippen LogP contribution in [-0.2, 0) is 11.2 Å². The number of nitrogens with zero attached hydrogens (tertiary/aromatic N) is 3. The van der Waals surface area contributed by atoms with Crippen LogP contribution in [0.2, 0.25) is 0 Å². The molecule has 0 atom stereocenters. The van der Waals surface area contributed by atoms with Crippen LogP contribution in [0.4, 0.5) is 25.3 Å². The Balaban J connectivity index is 1.65. The maximum atomic E-state index is 16.4. The van der Waals surface area contributed by atoms with Crippen molar-refractivity contribution in [2.45, 2.75) is 51.5 Å². The van der Waals surface area contributed by atoms with Crippen LogP contribution in [0.1, 0.15) is 67.3 Å². The number of methoxy groups -OCH3 is 2. The van der Waals surface area contributed by atoms with Gasteiger partial charge >= 0.3 is 6.16 Å². The lowest BCUT2D eigenvalue weighted by atomic mass is 9.94. The molecule has 2 heterocycles. The molecule has 46 heavy (non-hydrogen) atoms. The van der Waals surface area contributed by atoms with E-state index < -0.39 is 28.8 Å². The van der Waals surface area contributed by atoms with Crippen molar-refractivity contribution in [2.24, 2.45) is 0 Å². The molecule has 0 amide bonds. The number of nitrogens with two attached hydrogens (primary N) is 2. The predicted molar refractivity (Wildman–Crippen MR) is 167 cm³/mol. The number of carbonyl (C=O) groups is 1. The van der Waals surface area contributed by atoms with Crippen molar-refractivity contribution in [2.75, 3.05) is 32.3 Å². The largest absolute Gasteiger partial charge is 0.514 e. The topological polar surface area (TPSA) is 154 Å². The van der Waals surface area contributed by atoms with Crippen molar-refractivity contribution in [3.05, 3.63) is 74.7 Å². The third-order valence-corrected chi connectivity index (χ3v) is 7.77. The number of halogens is 2.